The van der Waals surface area contributed by atoms with E-state index in [9.17, 15) is 19.2 Å². The number of ether oxygens (including phenoxy) is 1. The molecule has 34 heavy (non-hydrogen) atoms. The molecule has 2 aromatic rings. The Hall–Kier alpha value is -4.39. The second-order valence-corrected chi connectivity index (χ2v) is 8.21. The number of hydrogen-bond donors (Lipinski definition) is 3. The third kappa shape index (κ3) is 4.83. The van der Waals surface area contributed by atoms with Gasteiger partial charge in [-0.3, -0.25) is 30.1 Å². The summed E-state index contributed by atoms with van der Waals surface area (Å²) >= 11 is 0. The maximum atomic E-state index is 12.6. The highest BCUT2D eigenvalue weighted by molar-refractivity contribution is 6.09. The Labute approximate surface area is 195 Å². The topological polar surface area (TPSA) is 141 Å². The summed E-state index contributed by atoms with van der Waals surface area (Å²) in [6, 6.07) is 15.7. The van der Waals surface area contributed by atoms with E-state index in [0.29, 0.717) is 24.2 Å². The van der Waals surface area contributed by atoms with E-state index in [1.54, 1.807) is 24.3 Å². The van der Waals surface area contributed by atoms with Crippen molar-refractivity contribution in [1.29, 1.82) is 5.26 Å². The van der Waals surface area contributed by atoms with E-state index in [4.69, 9.17) is 10.00 Å². The second kappa shape index (κ2) is 9.62. The molecule has 174 valence electrons. The van der Waals surface area contributed by atoms with Crippen molar-refractivity contribution in [2.24, 2.45) is 0 Å². The van der Waals surface area contributed by atoms with Gasteiger partial charge in [0.25, 0.3) is 17.7 Å². The van der Waals surface area contributed by atoms with Crippen LogP contribution in [-0.4, -0.2) is 47.3 Å². The Morgan fingerprint density at radius 3 is 2.18 bits per heavy atom. The van der Waals surface area contributed by atoms with Crippen molar-refractivity contribution in [2.45, 2.75) is 31.2 Å². The van der Waals surface area contributed by atoms with Crippen LogP contribution in [-0.2, 0) is 14.4 Å². The van der Waals surface area contributed by atoms with E-state index in [0.717, 1.165) is 28.9 Å². The predicted molar refractivity (Wildman–Crippen MR) is 120 cm³/mol. The molecule has 2 fully saturated rings. The number of nitriles is 1. The van der Waals surface area contributed by atoms with Gasteiger partial charge in [0, 0.05) is 0 Å². The molecule has 1 aliphatic carbocycles. The molecule has 0 atom stereocenters. The highest BCUT2D eigenvalue weighted by atomic mass is 16.5. The van der Waals surface area contributed by atoms with Crippen LogP contribution >= 0.6 is 0 Å². The zero-order valence-electron chi connectivity index (χ0n) is 18.3. The number of hydrazine groups is 1. The quantitative estimate of drug-likeness (QED) is 0.441. The van der Waals surface area contributed by atoms with Crippen LogP contribution in [0.4, 0.5) is 4.79 Å². The Morgan fingerprint density at radius 1 is 0.971 bits per heavy atom. The minimum Gasteiger partial charge on any atom is -0.484 e. The second-order valence-electron chi connectivity index (χ2n) is 8.21. The molecule has 0 unspecified atom stereocenters. The number of rotatable bonds is 6. The van der Waals surface area contributed by atoms with Gasteiger partial charge in [0.05, 0.1) is 11.6 Å². The first kappa shape index (κ1) is 22.8. The summed E-state index contributed by atoms with van der Waals surface area (Å²) in [6.45, 7) is -0.826. The highest BCUT2D eigenvalue weighted by Crippen LogP contribution is 2.34. The average Bonchev–Trinajstić information content (AvgIpc) is 3.42. The van der Waals surface area contributed by atoms with Crippen LogP contribution in [0.15, 0.2) is 48.5 Å². The lowest BCUT2D eigenvalue weighted by molar-refractivity contribution is -0.136. The highest BCUT2D eigenvalue weighted by Gasteiger charge is 2.52. The van der Waals surface area contributed by atoms with Crippen LogP contribution in [0, 0.1) is 11.3 Å². The minimum atomic E-state index is -0.885. The van der Waals surface area contributed by atoms with Crippen LogP contribution < -0.4 is 20.9 Å². The van der Waals surface area contributed by atoms with Gasteiger partial charge >= 0.3 is 6.03 Å². The number of imide groups is 1. The molecule has 4 rings (SSSR count). The molecule has 1 saturated heterocycles. The molecule has 1 aliphatic heterocycles. The monoisotopic (exact) mass is 461 g/mol. The Kier molecular flexibility index (Phi) is 6.45. The summed E-state index contributed by atoms with van der Waals surface area (Å²) in [5, 5.41) is 11.6. The van der Waals surface area contributed by atoms with Crippen molar-refractivity contribution in [3.05, 3.63) is 54.1 Å². The molecule has 0 bridgehead atoms. The Morgan fingerprint density at radius 2 is 1.56 bits per heavy atom. The van der Waals surface area contributed by atoms with Gasteiger partial charge in [-0.15, -0.1) is 0 Å². The van der Waals surface area contributed by atoms with Crippen LogP contribution in [0.3, 0.4) is 0 Å². The molecule has 1 saturated carbocycles. The molecule has 5 amide bonds. The van der Waals surface area contributed by atoms with Crippen molar-refractivity contribution in [2.75, 3.05) is 13.2 Å². The fraction of sp³-hybridized carbons (Fsp3) is 0.292. The lowest BCUT2D eigenvalue weighted by atomic mass is 9.98. The number of nitrogens with zero attached hydrogens (tertiary/aromatic N) is 2. The first-order valence-electron chi connectivity index (χ1n) is 10.9. The van der Waals surface area contributed by atoms with Gasteiger partial charge in [-0.25, -0.2) is 4.79 Å². The van der Waals surface area contributed by atoms with Crippen LogP contribution in [0.1, 0.15) is 31.2 Å². The van der Waals surface area contributed by atoms with Gasteiger partial charge in [-0.05, 0) is 48.2 Å². The molecule has 10 heteroatoms. The first-order chi connectivity index (χ1) is 16.4. The predicted octanol–water partition coefficient (Wildman–Crippen LogP) is 1.62. The summed E-state index contributed by atoms with van der Waals surface area (Å²) in [6.07, 6.45) is 2.83. The average molecular weight is 461 g/mol. The molecule has 3 N–H and O–H groups in total. The molecular weight excluding hydrogens is 438 g/mol. The van der Waals surface area contributed by atoms with Crippen molar-refractivity contribution in [1.82, 2.24) is 21.1 Å². The number of benzene rings is 2. The molecule has 2 aliphatic rings. The fourth-order valence-corrected chi connectivity index (χ4v) is 4.13. The largest absolute Gasteiger partial charge is 0.484 e. The number of hydrogen-bond acceptors (Lipinski definition) is 6. The van der Waals surface area contributed by atoms with E-state index in [-0.39, 0.29) is 6.61 Å². The standard InChI is InChI=1S/C24H23N5O5/c25-13-16-3-5-17(6-4-16)18-7-9-19(10-8-18)34-15-21(31)28-27-20(30)14-29-22(32)24(26-23(29)33)11-1-2-12-24/h3-10H,1-2,11-12,14-15H2,(H,26,33)(H,27,30)(H,28,31). The van der Waals surface area contributed by atoms with Gasteiger partial charge in [0.2, 0.25) is 0 Å². The minimum absolute atomic E-state index is 0.345. The number of carbonyl (C=O) groups is 4. The van der Waals surface area contributed by atoms with Gasteiger partial charge in [0.1, 0.15) is 17.8 Å². The Balaban J connectivity index is 1.21. The first-order valence-corrected chi connectivity index (χ1v) is 10.9. The van der Waals surface area contributed by atoms with E-state index in [2.05, 4.69) is 22.2 Å². The van der Waals surface area contributed by atoms with Crippen molar-refractivity contribution in [3.8, 4) is 22.9 Å². The summed E-state index contributed by atoms with van der Waals surface area (Å²) in [5.41, 5.74) is 5.95. The summed E-state index contributed by atoms with van der Waals surface area (Å²) in [5.74, 6) is -1.24. The zero-order valence-corrected chi connectivity index (χ0v) is 18.3. The maximum absolute atomic E-state index is 12.6. The Bertz CT molecular complexity index is 1150. The third-order valence-corrected chi connectivity index (χ3v) is 5.92. The van der Waals surface area contributed by atoms with E-state index < -0.39 is 35.8 Å². The molecule has 1 spiro atoms. The van der Waals surface area contributed by atoms with E-state index >= 15 is 0 Å². The van der Waals surface area contributed by atoms with E-state index in [1.165, 1.54) is 0 Å². The van der Waals surface area contributed by atoms with Crippen molar-refractivity contribution >= 4 is 23.8 Å². The molecular formula is C24H23N5O5. The van der Waals surface area contributed by atoms with Gasteiger partial charge < -0.3 is 10.1 Å². The number of carbonyl (C=O) groups excluding carboxylic acids is 4. The summed E-state index contributed by atoms with van der Waals surface area (Å²) in [7, 11) is 0. The third-order valence-electron chi connectivity index (χ3n) is 5.92. The zero-order chi connectivity index (χ0) is 24.1. The molecule has 10 nitrogen and oxygen atoms in total. The van der Waals surface area contributed by atoms with Crippen molar-refractivity contribution < 1.29 is 23.9 Å². The number of amides is 5. The van der Waals surface area contributed by atoms with Crippen LogP contribution in [0.2, 0.25) is 0 Å². The summed E-state index contributed by atoms with van der Waals surface area (Å²) in [4.78, 5) is 49.7. The maximum Gasteiger partial charge on any atom is 0.325 e. The number of nitrogens with one attached hydrogen (secondary N) is 3. The molecule has 0 radical (unpaired) electrons. The van der Waals surface area contributed by atoms with Crippen molar-refractivity contribution in [3.63, 3.8) is 0 Å². The molecule has 1 heterocycles. The van der Waals surface area contributed by atoms with Gasteiger partial charge in [0.15, 0.2) is 6.61 Å². The fourth-order valence-electron chi connectivity index (χ4n) is 4.13. The SMILES string of the molecule is N#Cc1ccc(-c2ccc(OCC(=O)NNC(=O)CN3C(=O)NC4(CCCC4)C3=O)cc2)cc1. The van der Waals surface area contributed by atoms with E-state index in [1.807, 2.05) is 24.3 Å². The lowest BCUT2D eigenvalue weighted by Crippen LogP contribution is -2.49. The normalized spacial score (nSPS) is 16.1. The lowest BCUT2D eigenvalue weighted by Gasteiger charge is -2.19. The van der Waals surface area contributed by atoms with Crippen LogP contribution in [0.5, 0.6) is 5.75 Å². The smallest absolute Gasteiger partial charge is 0.325 e. The van der Waals surface area contributed by atoms with Gasteiger partial charge in [-0.2, -0.15) is 5.26 Å². The molecule has 2 aromatic carbocycles. The molecule has 0 aromatic heterocycles. The van der Waals surface area contributed by atoms with Crippen LogP contribution in [0.25, 0.3) is 11.1 Å². The number of urea groups is 1. The summed E-state index contributed by atoms with van der Waals surface area (Å²) < 4.78 is 5.42. The van der Waals surface area contributed by atoms with Gasteiger partial charge in [-0.1, -0.05) is 37.1 Å².